The molecule has 0 aromatic carbocycles. The van der Waals surface area contributed by atoms with Crippen molar-refractivity contribution in [1.29, 1.82) is 0 Å². The van der Waals surface area contributed by atoms with Crippen molar-refractivity contribution in [3.8, 4) is 0 Å². The summed E-state index contributed by atoms with van der Waals surface area (Å²) >= 11 is 0. The number of amides is 1. The average Bonchev–Trinajstić information content (AvgIpc) is 2.99. The van der Waals surface area contributed by atoms with Gasteiger partial charge in [0.25, 0.3) is 0 Å². The van der Waals surface area contributed by atoms with Crippen LogP contribution >= 0.6 is 0 Å². The fourth-order valence-corrected chi connectivity index (χ4v) is 3.62. The second-order valence-corrected chi connectivity index (χ2v) is 7.46. The van der Waals surface area contributed by atoms with Gasteiger partial charge in [-0.25, -0.2) is 17.7 Å². The monoisotopic (exact) mass is 315 g/mol. The Morgan fingerprint density at radius 2 is 2.14 bits per heavy atom. The number of carbonyl (C=O) groups is 1. The predicted molar refractivity (Wildman–Crippen MR) is 76.6 cm³/mol. The number of hydrogen-bond donors (Lipinski definition) is 1. The lowest BCUT2D eigenvalue weighted by molar-refractivity contribution is -0.136. The third-order valence-corrected chi connectivity index (χ3v) is 5.67. The molecule has 1 aromatic rings. The van der Waals surface area contributed by atoms with Gasteiger partial charge in [-0.3, -0.25) is 9.89 Å². The summed E-state index contributed by atoms with van der Waals surface area (Å²) < 4.78 is 25.1. The maximum Gasteiger partial charge on any atom is 0.225 e. The molecular formula is C12H21N5O3S. The van der Waals surface area contributed by atoms with Crippen molar-refractivity contribution in [2.75, 3.05) is 25.9 Å². The van der Waals surface area contributed by atoms with Crippen LogP contribution in [0.4, 0.5) is 0 Å². The van der Waals surface area contributed by atoms with E-state index < -0.39 is 10.0 Å². The zero-order valence-corrected chi connectivity index (χ0v) is 13.1. The van der Waals surface area contributed by atoms with E-state index in [1.54, 1.807) is 18.9 Å². The largest absolute Gasteiger partial charge is 0.338 e. The Labute approximate surface area is 124 Å². The molecule has 8 nitrogen and oxygen atoms in total. The van der Waals surface area contributed by atoms with Gasteiger partial charge in [-0.2, -0.15) is 5.10 Å². The van der Waals surface area contributed by atoms with Crippen LogP contribution in [-0.4, -0.2) is 64.6 Å². The van der Waals surface area contributed by atoms with E-state index >= 15 is 0 Å². The van der Waals surface area contributed by atoms with Gasteiger partial charge >= 0.3 is 0 Å². The van der Waals surface area contributed by atoms with Crippen LogP contribution in [0, 0.1) is 5.92 Å². The van der Waals surface area contributed by atoms with Crippen molar-refractivity contribution in [2.45, 2.75) is 26.3 Å². The number of piperidine rings is 1. The molecular weight excluding hydrogens is 294 g/mol. The molecule has 0 saturated carbocycles. The Kier molecular flexibility index (Phi) is 4.94. The number of nitrogens with one attached hydrogen (secondary N) is 1. The molecule has 1 amide bonds. The van der Waals surface area contributed by atoms with Crippen LogP contribution in [0.5, 0.6) is 0 Å². The molecule has 1 N–H and O–H groups in total. The van der Waals surface area contributed by atoms with Gasteiger partial charge in [0.2, 0.25) is 15.9 Å². The van der Waals surface area contributed by atoms with E-state index in [1.807, 2.05) is 0 Å². The molecule has 1 aliphatic rings. The van der Waals surface area contributed by atoms with Gasteiger partial charge in [0.05, 0.1) is 12.3 Å². The molecule has 1 aromatic heterocycles. The minimum Gasteiger partial charge on any atom is -0.338 e. The van der Waals surface area contributed by atoms with Crippen molar-refractivity contribution in [3.05, 3.63) is 12.2 Å². The first-order valence-electron chi connectivity index (χ1n) is 7.01. The van der Waals surface area contributed by atoms with E-state index in [0.29, 0.717) is 38.3 Å². The van der Waals surface area contributed by atoms with E-state index in [9.17, 15) is 13.2 Å². The molecule has 0 spiro atoms. The fraction of sp³-hybridized carbons (Fsp3) is 0.750. The van der Waals surface area contributed by atoms with E-state index in [0.717, 1.165) is 0 Å². The van der Waals surface area contributed by atoms with Gasteiger partial charge in [0, 0.05) is 26.1 Å². The number of H-pyrrole nitrogens is 1. The van der Waals surface area contributed by atoms with E-state index in [2.05, 4.69) is 15.2 Å². The quantitative estimate of drug-likeness (QED) is 0.813. The number of rotatable bonds is 5. The molecule has 9 heteroatoms. The highest BCUT2D eigenvalue weighted by atomic mass is 32.2. The summed E-state index contributed by atoms with van der Waals surface area (Å²) in [5.41, 5.74) is 0. The van der Waals surface area contributed by atoms with Crippen molar-refractivity contribution in [1.82, 2.24) is 24.4 Å². The lowest BCUT2D eigenvalue weighted by Gasteiger charge is -2.32. The summed E-state index contributed by atoms with van der Waals surface area (Å²) in [7, 11) is -1.42. The standard InChI is InChI=1S/C12H21N5O3S/c1-3-21(19,20)17-6-4-10(5-7-17)12(18)16(2)8-11-13-9-14-15-11/h9-10H,3-8H2,1-2H3,(H,13,14,15). The van der Waals surface area contributed by atoms with Gasteiger partial charge in [-0.05, 0) is 19.8 Å². The first-order valence-corrected chi connectivity index (χ1v) is 8.62. The number of carbonyl (C=O) groups excluding carboxylic acids is 1. The van der Waals surface area contributed by atoms with Gasteiger partial charge in [-0.15, -0.1) is 0 Å². The second kappa shape index (κ2) is 6.52. The molecule has 0 radical (unpaired) electrons. The van der Waals surface area contributed by atoms with Gasteiger partial charge < -0.3 is 4.90 Å². The molecule has 1 fully saturated rings. The Morgan fingerprint density at radius 3 is 2.67 bits per heavy atom. The molecule has 0 atom stereocenters. The lowest BCUT2D eigenvalue weighted by atomic mass is 9.97. The van der Waals surface area contributed by atoms with Crippen LogP contribution < -0.4 is 0 Å². The van der Waals surface area contributed by atoms with Crippen LogP contribution in [0.25, 0.3) is 0 Å². The van der Waals surface area contributed by atoms with Crippen LogP contribution in [0.15, 0.2) is 6.33 Å². The zero-order valence-electron chi connectivity index (χ0n) is 12.3. The lowest BCUT2D eigenvalue weighted by Crippen LogP contribution is -2.43. The number of sulfonamides is 1. The van der Waals surface area contributed by atoms with Crippen LogP contribution in [0.2, 0.25) is 0 Å². The summed E-state index contributed by atoms with van der Waals surface area (Å²) in [6.07, 6.45) is 2.54. The molecule has 1 aliphatic heterocycles. The normalized spacial score (nSPS) is 17.8. The molecule has 1 saturated heterocycles. The van der Waals surface area contributed by atoms with Crippen molar-refractivity contribution in [2.24, 2.45) is 5.92 Å². The Bertz CT molecular complexity index is 564. The van der Waals surface area contributed by atoms with Crippen molar-refractivity contribution < 1.29 is 13.2 Å². The minimum absolute atomic E-state index is 0.0277. The molecule has 0 bridgehead atoms. The number of aromatic nitrogens is 3. The molecule has 0 aliphatic carbocycles. The summed E-state index contributed by atoms with van der Waals surface area (Å²) in [5.74, 6) is 0.648. The molecule has 2 rings (SSSR count). The Balaban J connectivity index is 1.88. The van der Waals surface area contributed by atoms with Gasteiger partial charge in [0.15, 0.2) is 0 Å². The van der Waals surface area contributed by atoms with Crippen LogP contribution in [0.1, 0.15) is 25.6 Å². The van der Waals surface area contributed by atoms with E-state index in [1.165, 1.54) is 10.6 Å². The number of aromatic amines is 1. The minimum atomic E-state index is -3.15. The maximum absolute atomic E-state index is 12.3. The Hall–Kier alpha value is -1.48. The third kappa shape index (κ3) is 3.79. The van der Waals surface area contributed by atoms with E-state index in [4.69, 9.17) is 0 Å². The van der Waals surface area contributed by atoms with Crippen molar-refractivity contribution >= 4 is 15.9 Å². The number of nitrogens with zero attached hydrogens (tertiary/aromatic N) is 4. The van der Waals surface area contributed by atoms with Gasteiger partial charge in [-0.1, -0.05) is 0 Å². The first-order chi connectivity index (χ1) is 9.94. The highest BCUT2D eigenvalue weighted by Crippen LogP contribution is 2.21. The Morgan fingerprint density at radius 1 is 1.48 bits per heavy atom. The average molecular weight is 315 g/mol. The number of hydrogen-bond acceptors (Lipinski definition) is 5. The van der Waals surface area contributed by atoms with Crippen LogP contribution in [-0.2, 0) is 21.4 Å². The van der Waals surface area contributed by atoms with Crippen molar-refractivity contribution in [3.63, 3.8) is 0 Å². The maximum atomic E-state index is 12.3. The predicted octanol–water partition coefficient (Wildman–Crippen LogP) is -0.175. The fourth-order valence-electron chi connectivity index (χ4n) is 2.48. The third-order valence-electron chi connectivity index (χ3n) is 3.79. The summed E-state index contributed by atoms with van der Waals surface area (Å²) in [5, 5.41) is 6.46. The van der Waals surface area contributed by atoms with Gasteiger partial charge in [0.1, 0.15) is 12.2 Å². The molecule has 2 heterocycles. The second-order valence-electron chi connectivity index (χ2n) is 5.20. The van der Waals surface area contributed by atoms with E-state index in [-0.39, 0.29) is 17.6 Å². The molecule has 0 unspecified atom stereocenters. The smallest absolute Gasteiger partial charge is 0.225 e. The summed E-state index contributed by atoms with van der Waals surface area (Å²) in [6.45, 7) is 2.86. The SMILES string of the molecule is CCS(=O)(=O)N1CCC(C(=O)N(C)Cc2ncn[nH]2)CC1. The highest BCUT2D eigenvalue weighted by molar-refractivity contribution is 7.89. The molecule has 118 valence electrons. The highest BCUT2D eigenvalue weighted by Gasteiger charge is 2.31. The summed E-state index contributed by atoms with van der Waals surface area (Å²) in [6, 6.07) is 0. The topological polar surface area (TPSA) is 99.3 Å². The van der Waals surface area contributed by atoms with Crippen LogP contribution in [0.3, 0.4) is 0 Å². The zero-order chi connectivity index (χ0) is 15.5. The summed E-state index contributed by atoms with van der Waals surface area (Å²) in [4.78, 5) is 17.9. The molecule has 21 heavy (non-hydrogen) atoms. The first kappa shape index (κ1) is 15.9.